The van der Waals surface area contributed by atoms with Gasteiger partial charge in [-0.15, -0.1) is 10.2 Å². The average molecular weight is 1210 g/mol. The first-order valence-corrected chi connectivity index (χ1v) is 29.8. The molecule has 4 aliphatic rings. The Hall–Kier alpha value is -6.00. The summed E-state index contributed by atoms with van der Waals surface area (Å²) in [5, 5.41) is 57.3. The van der Waals surface area contributed by atoms with E-state index in [4.69, 9.17) is 29.8 Å². The lowest BCUT2D eigenvalue weighted by atomic mass is 10.0. The number of rotatable bonds is 38. The minimum absolute atomic E-state index is 0.00782. The van der Waals surface area contributed by atoms with Crippen LogP contribution >= 0.6 is 23.5 Å². The fourth-order valence-corrected chi connectivity index (χ4v) is 11.9. The Kier molecular flexibility index (Phi) is 24.7. The zero-order valence-corrected chi connectivity index (χ0v) is 47.2. The van der Waals surface area contributed by atoms with Crippen molar-refractivity contribution in [3.63, 3.8) is 0 Å². The minimum Gasteiger partial charge on any atom is -0.480 e. The predicted octanol–water partition coefficient (Wildman–Crippen LogP) is 1.45. The van der Waals surface area contributed by atoms with Gasteiger partial charge in [0.1, 0.15) is 30.6 Å². The number of carbonyl (C=O) groups excluding carboxylic acids is 5. The van der Waals surface area contributed by atoms with Gasteiger partial charge in [0.2, 0.25) is 17.7 Å². The van der Waals surface area contributed by atoms with Crippen molar-refractivity contribution in [2.24, 2.45) is 16.0 Å². The van der Waals surface area contributed by atoms with Gasteiger partial charge >= 0.3 is 23.8 Å². The first-order valence-electron chi connectivity index (χ1n) is 27.6. The van der Waals surface area contributed by atoms with Crippen LogP contribution in [0.15, 0.2) is 47.1 Å². The third kappa shape index (κ3) is 18.7. The molecule has 0 spiro atoms. The lowest BCUT2D eigenvalue weighted by Crippen LogP contribution is -2.49. The van der Waals surface area contributed by atoms with E-state index in [1.807, 2.05) is 11.8 Å². The zero-order valence-electron chi connectivity index (χ0n) is 45.6. The van der Waals surface area contributed by atoms with Crippen LogP contribution in [0, 0.1) is 0 Å². The summed E-state index contributed by atoms with van der Waals surface area (Å²) in [5.74, 6) is -1.15. The van der Waals surface area contributed by atoms with Crippen LogP contribution in [0.25, 0.3) is 11.2 Å². The van der Waals surface area contributed by atoms with Crippen LogP contribution in [0.2, 0.25) is 0 Å². The van der Waals surface area contributed by atoms with E-state index >= 15 is 0 Å². The molecule has 83 heavy (non-hydrogen) atoms. The normalized spacial score (nSPS) is 22.1. The van der Waals surface area contributed by atoms with Gasteiger partial charge in [-0.2, -0.15) is 36.7 Å². The van der Waals surface area contributed by atoms with Crippen molar-refractivity contribution >= 4 is 76.1 Å². The van der Waals surface area contributed by atoms with Crippen molar-refractivity contribution in [1.29, 1.82) is 0 Å². The van der Waals surface area contributed by atoms with Gasteiger partial charge in [-0.05, 0) is 62.8 Å². The highest BCUT2D eigenvalue weighted by Gasteiger charge is 2.65. The van der Waals surface area contributed by atoms with Gasteiger partial charge < -0.3 is 77.2 Å². The molecule has 6 amide bonds. The summed E-state index contributed by atoms with van der Waals surface area (Å²) in [4.78, 5) is 87.8. The highest BCUT2D eigenvalue weighted by atomic mass is 32.2. The van der Waals surface area contributed by atoms with Crippen molar-refractivity contribution in [3.05, 3.63) is 48.0 Å². The number of aliphatic carboxylic acids is 1. The number of aliphatic hydroxyl groups excluding tert-OH is 2. The molecule has 9 atom stereocenters. The van der Waals surface area contributed by atoms with Crippen LogP contribution in [0.3, 0.4) is 0 Å². The predicted molar refractivity (Wildman–Crippen MR) is 296 cm³/mol. The number of ether oxygens (including phenoxy) is 4. The lowest BCUT2D eigenvalue weighted by molar-refractivity contribution is -0.166. The van der Waals surface area contributed by atoms with E-state index in [2.05, 4.69) is 62.4 Å². The molecule has 7 rings (SSSR count). The molecule has 0 radical (unpaired) electrons. The second-order valence-electron chi connectivity index (χ2n) is 20.1. The summed E-state index contributed by atoms with van der Waals surface area (Å²) in [6, 6.07) is 2.35. The summed E-state index contributed by atoms with van der Waals surface area (Å²) < 4.78 is 65.0. The maximum Gasteiger partial charge on any atom is 0.442 e. The third-order valence-corrected chi connectivity index (χ3v) is 16.6. The fraction of sp³-hybridized carbons (Fsp3) is 0.667. The number of nitrogens with two attached hydrogens (primary N) is 1. The van der Waals surface area contributed by atoms with Crippen LogP contribution < -0.4 is 43.0 Å². The number of amides is 6. The van der Waals surface area contributed by atoms with Gasteiger partial charge in [-0.25, -0.2) is 19.7 Å². The Morgan fingerprint density at radius 3 is 2.23 bits per heavy atom. The van der Waals surface area contributed by atoms with Crippen LogP contribution in [0.4, 0.5) is 23.8 Å². The molecule has 3 aromatic rings. The maximum absolute atomic E-state index is 13.6. The Morgan fingerprint density at radius 1 is 0.855 bits per heavy atom. The van der Waals surface area contributed by atoms with E-state index in [1.54, 1.807) is 0 Å². The SMILES string of the molecule is N[C@@H](CCSC[C@H]1O[C@@H](n2cnc3c(NCCCCNC(=O)C[C@H](NC(=O)c4ccc(C5(C(F)(F)F)N=N5)cc4)C(=O)NCCCOCCOCCOCCCNC(=O)CCCC[C@@H]4SC[C@@H]5NC(=O)N[C@@H]54)ncnc32)[C@@H](O)C1O)C(=O)O. The van der Waals surface area contributed by atoms with Crippen molar-refractivity contribution in [1.82, 2.24) is 51.4 Å². The second-order valence-corrected chi connectivity index (χ2v) is 22.5. The molecule has 12 N–H and O–H groups in total. The van der Waals surface area contributed by atoms with E-state index in [1.165, 1.54) is 29.0 Å². The maximum atomic E-state index is 13.6. The van der Waals surface area contributed by atoms with Crippen molar-refractivity contribution < 1.29 is 76.2 Å². The number of aliphatic hydroxyl groups is 2. The van der Waals surface area contributed by atoms with E-state index in [0.29, 0.717) is 99.6 Å². The van der Waals surface area contributed by atoms with Crippen LogP contribution in [-0.4, -0.2) is 207 Å². The lowest BCUT2D eigenvalue weighted by Gasteiger charge is -2.19. The first-order chi connectivity index (χ1) is 40.0. The number of nitrogens with one attached hydrogen (secondary N) is 7. The quantitative estimate of drug-likeness (QED) is 0.0286. The minimum atomic E-state index is -4.77. The zero-order chi connectivity index (χ0) is 59.4. The molecule has 27 nitrogen and oxygen atoms in total. The molecule has 0 aliphatic carbocycles. The van der Waals surface area contributed by atoms with Crippen molar-refractivity contribution in [3.8, 4) is 0 Å². The van der Waals surface area contributed by atoms with Crippen molar-refractivity contribution in [2.45, 2.75) is 130 Å². The van der Waals surface area contributed by atoms with Gasteiger partial charge in [0.25, 0.3) is 5.91 Å². The molecule has 1 unspecified atom stereocenters. The molecule has 3 fully saturated rings. The van der Waals surface area contributed by atoms with Gasteiger partial charge in [0.05, 0.1) is 57.4 Å². The Balaban J connectivity index is 0.758. The molecule has 1 aromatic carbocycles. The molecular formula is C51H73F3N14O13S2. The summed E-state index contributed by atoms with van der Waals surface area (Å²) in [6.45, 7) is 3.22. The number of hydrogen-bond donors (Lipinski definition) is 11. The first kappa shape index (κ1) is 64.6. The van der Waals surface area contributed by atoms with E-state index in [9.17, 15) is 52.2 Å². The van der Waals surface area contributed by atoms with Gasteiger partial charge in [-0.1, -0.05) is 18.6 Å². The van der Waals surface area contributed by atoms with E-state index in [0.717, 1.165) is 49.3 Å². The number of carbonyl (C=O) groups is 6. The highest BCUT2D eigenvalue weighted by molar-refractivity contribution is 8.00. The standard InChI is InChI=1S/C51H73F3N14O13S2/c52-51(53,54)50(66-67-50)31-11-9-30(10-12-31)45(73)63-33(46(74)59-17-6-19-79-21-23-80-22-20-78-18-5-16-56-37(69)8-2-1-7-36-39-34(26-83-36)64-49(77)65-39)25-38(70)57-14-3-4-15-58-43-40-44(61-28-60-43)68(29-62-40)47-42(72)41(71)35(81-47)27-82-24-13-32(55)48(75)76/h9-12,28-29,32-36,39,41-42,47,71-72H,1-8,13-27,55H2,(H,56,69)(H,57,70)(H,59,74)(H,63,73)(H,75,76)(H,58,60,61)(H2,64,65,77)/t32-,33-,34-,35+,36-,39-,41?,42-,47+/m0/s1. The second kappa shape index (κ2) is 31.8. The summed E-state index contributed by atoms with van der Waals surface area (Å²) >= 11 is 3.21. The number of benzene rings is 1. The highest BCUT2D eigenvalue weighted by Crippen LogP contribution is 2.52. The van der Waals surface area contributed by atoms with Gasteiger partial charge in [0, 0.05) is 73.7 Å². The topological polar surface area (TPSA) is 379 Å². The Bertz CT molecular complexity index is 2660. The average Bonchev–Trinajstić information content (AvgIpc) is 3.66. The largest absolute Gasteiger partial charge is 0.480 e. The molecule has 32 heteroatoms. The number of nitrogens with zero attached hydrogens (tertiary/aromatic N) is 6. The van der Waals surface area contributed by atoms with E-state index in [-0.39, 0.29) is 73.6 Å². The summed E-state index contributed by atoms with van der Waals surface area (Å²) in [7, 11) is 0. The number of urea groups is 1. The smallest absolute Gasteiger partial charge is 0.442 e. The molecular weight excluding hydrogens is 1140 g/mol. The van der Waals surface area contributed by atoms with Crippen LogP contribution in [0.1, 0.15) is 86.4 Å². The van der Waals surface area contributed by atoms with Crippen LogP contribution in [-0.2, 0) is 43.8 Å². The fourth-order valence-electron chi connectivity index (χ4n) is 9.30. The third-order valence-electron chi connectivity index (χ3n) is 14.0. The number of fused-ring (bicyclic) bond motifs is 2. The number of unbranched alkanes of at least 4 members (excludes halogenated alkanes) is 2. The van der Waals surface area contributed by atoms with Crippen LogP contribution in [0.5, 0.6) is 0 Å². The molecule has 6 heterocycles. The monoisotopic (exact) mass is 1210 g/mol. The number of carboxylic acids is 1. The van der Waals surface area contributed by atoms with Gasteiger partial charge in [0.15, 0.2) is 23.2 Å². The Labute approximate surface area is 484 Å². The number of imidazole rings is 1. The molecule has 4 aliphatic heterocycles. The number of alkyl halides is 3. The Morgan fingerprint density at radius 2 is 1.53 bits per heavy atom. The van der Waals surface area contributed by atoms with E-state index < -0.39 is 78.6 Å². The summed E-state index contributed by atoms with van der Waals surface area (Å²) in [5.41, 5.74) is 3.23. The molecule has 458 valence electrons. The van der Waals surface area contributed by atoms with Gasteiger partial charge in [-0.3, -0.25) is 28.5 Å². The number of hydrogen-bond acceptors (Lipinski definition) is 21. The molecule has 3 saturated heterocycles. The van der Waals surface area contributed by atoms with Crippen molar-refractivity contribution in [2.75, 3.05) is 88.4 Å². The number of thioether (sulfide) groups is 2. The molecule has 0 bridgehead atoms. The number of halogens is 3. The molecule has 2 aromatic heterocycles. The summed E-state index contributed by atoms with van der Waals surface area (Å²) in [6.07, 6.45) is -1.43. The number of aromatic nitrogens is 4. The number of carboxylic acid groups (broad SMARTS) is 1. The number of anilines is 1. The molecule has 0 saturated carbocycles.